The summed E-state index contributed by atoms with van der Waals surface area (Å²) in [6.45, 7) is 4.67. The van der Waals surface area contributed by atoms with Gasteiger partial charge in [-0.1, -0.05) is 37.3 Å². The molecule has 2 amide bonds. The van der Waals surface area contributed by atoms with Gasteiger partial charge in [0.15, 0.2) is 0 Å². The van der Waals surface area contributed by atoms with Crippen molar-refractivity contribution in [1.82, 2.24) is 10.2 Å². The van der Waals surface area contributed by atoms with Crippen molar-refractivity contribution in [3.8, 4) is 0 Å². The third-order valence-corrected chi connectivity index (χ3v) is 6.78. The fraction of sp³-hybridized carbons (Fsp3) is 0.458. The molecule has 12 heteroatoms. The van der Waals surface area contributed by atoms with E-state index in [0.717, 1.165) is 4.90 Å². The Kier molecular flexibility index (Phi) is 10.8. The van der Waals surface area contributed by atoms with Gasteiger partial charge >= 0.3 is 11.9 Å². The van der Waals surface area contributed by atoms with E-state index in [4.69, 9.17) is 9.47 Å². The molecule has 0 radical (unpaired) electrons. The summed E-state index contributed by atoms with van der Waals surface area (Å²) in [5.41, 5.74) is 0.757. The first-order chi connectivity index (χ1) is 17.1. The Morgan fingerprint density at radius 1 is 1.25 bits per heavy atom. The normalized spacial score (nSPS) is 19.9. The highest BCUT2D eigenvalue weighted by molar-refractivity contribution is 7.88. The van der Waals surface area contributed by atoms with Gasteiger partial charge in [-0.15, -0.1) is 0 Å². The molecule has 0 aliphatic carbocycles. The van der Waals surface area contributed by atoms with Gasteiger partial charge in [0, 0.05) is 27.5 Å². The van der Waals surface area contributed by atoms with E-state index in [1.165, 1.54) is 5.41 Å². The summed E-state index contributed by atoms with van der Waals surface area (Å²) in [7, 11) is -1.62. The predicted molar refractivity (Wildman–Crippen MR) is 129 cm³/mol. The number of rotatable bonds is 14. The van der Waals surface area contributed by atoms with E-state index in [1.54, 1.807) is 44.2 Å². The number of nitrogens with one attached hydrogen (secondary N) is 1. The van der Waals surface area contributed by atoms with Gasteiger partial charge in [-0.05, 0) is 25.8 Å². The van der Waals surface area contributed by atoms with Crippen LogP contribution in [0, 0.1) is 0 Å². The Hall–Kier alpha value is -3.54. The summed E-state index contributed by atoms with van der Waals surface area (Å²) in [6.07, 6.45) is -0.994. The van der Waals surface area contributed by atoms with E-state index < -0.39 is 59.3 Å². The number of hydrogen-bond acceptors (Lipinski definition) is 8. The average Bonchev–Trinajstić information content (AvgIpc) is 2.84. The number of esters is 1. The third kappa shape index (κ3) is 7.74. The zero-order valence-corrected chi connectivity index (χ0v) is 21.1. The number of carboxylic acids is 1. The van der Waals surface area contributed by atoms with Crippen LogP contribution < -0.4 is 5.32 Å². The number of carbonyl (C=O) groups is 5. The van der Waals surface area contributed by atoms with E-state index in [1.807, 2.05) is 6.92 Å². The van der Waals surface area contributed by atoms with Crippen LogP contribution in [0.2, 0.25) is 0 Å². The summed E-state index contributed by atoms with van der Waals surface area (Å²) < 4.78 is 22.6. The highest BCUT2D eigenvalue weighted by Gasteiger charge is 2.50. The summed E-state index contributed by atoms with van der Waals surface area (Å²) >= 11 is 0. The van der Waals surface area contributed by atoms with E-state index in [9.17, 15) is 33.3 Å². The molecule has 1 aromatic carbocycles. The molecule has 196 valence electrons. The number of carbonyl (C=O) groups excluding carboxylic acids is 4. The molecule has 0 spiro atoms. The standard InChI is InChI=1S/C24H30N2O9S/c1-4-16(3)35-19(30)10-11-36(33)13-15(2)21-20(24(32)26(21)12-18(28)29)25-23(31)22(34-14-27)17-8-6-5-7-9-17/h5-9,13-14,16,20-22H,4,10-12H2,1-3H3,(H,25,31)(H,28,29). The van der Waals surface area contributed by atoms with Gasteiger partial charge in [0.05, 0.1) is 18.6 Å². The molecule has 1 heterocycles. The summed E-state index contributed by atoms with van der Waals surface area (Å²) in [5, 5.41) is 13.0. The Bertz CT molecular complexity index is 1030. The molecule has 2 N–H and O–H groups in total. The van der Waals surface area contributed by atoms with Crippen LogP contribution >= 0.6 is 0 Å². The first kappa shape index (κ1) is 28.7. The van der Waals surface area contributed by atoms with Gasteiger partial charge in [0.1, 0.15) is 12.6 Å². The van der Waals surface area contributed by atoms with Crippen LogP contribution in [0.1, 0.15) is 45.3 Å². The number of likely N-dealkylation sites (tertiary alicyclic amines) is 1. The molecule has 1 aromatic rings. The molecule has 11 nitrogen and oxygen atoms in total. The molecule has 5 atom stereocenters. The molecule has 5 unspecified atom stereocenters. The number of amides is 2. The second kappa shape index (κ2) is 13.5. The minimum Gasteiger partial charge on any atom is -0.480 e. The van der Waals surface area contributed by atoms with E-state index in [0.29, 0.717) is 17.6 Å². The van der Waals surface area contributed by atoms with E-state index >= 15 is 0 Å². The number of β-lactam (4-membered cyclic amide) rings is 1. The second-order valence-corrected chi connectivity index (χ2v) is 9.62. The van der Waals surface area contributed by atoms with Gasteiger partial charge in [0.25, 0.3) is 12.4 Å². The molecule has 1 saturated heterocycles. The van der Waals surface area contributed by atoms with Crippen molar-refractivity contribution in [3.63, 3.8) is 0 Å². The van der Waals surface area contributed by atoms with Crippen molar-refractivity contribution in [2.24, 2.45) is 0 Å². The molecular formula is C24H30N2O9S. The molecule has 2 rings (SSSR count). The molecule has 1 fully saturated rings. The predicted octanol–water partition coefficient (Wildman–Crippen LogP) is 1.07. The minimum absolute atomic E-state index is 0.0213. The van der Waals surface area contributed by atoms with Gasteiger partial charge < -0.3 is 24.8 Å². The van der Waals surface area contributed by atoms with Crippen LogP contribution in [0.4, 0.5) is 0 Å². The van der Waals surface area contributed by atoms with E-state index in [2.05, 4.69) is 5.32 Å². The Morgan fingerprint density at radius 2 is 1.92 bits per heavy atom. The number of carboxylic acid groups (broad SMARTS) is 1. The first-order valence-corrected chi connectivity index (χ1v) is 12.7. The lowest BCUT2D eigenvalue weighted by Crippen LogP contribution is -2.72. The van der Waals surface area contributed by atoms with Gasteiger partial charge in [-0.2, -0.15) is 0 Å². The van der Waals surface area contributed by atoms with Crippen LogP contribution in [0.5, 0.6) is 0 Å². The topological polar surface area (TPSA) is 156 Å². The summed E-state index contributed by atoms with van der Waals surface area (Å²) in [5.74, 6) is -3.18. The molecule has 0 saturated carbocycles. The zero-order chi connectivity index (χ0) is 26.8. The molecule has 0 bridgehead atoms. The van der Waals surface area contributed by atoms with Gasteiger partial charge in [-0.3, -0.25) is 28.2 Å². The van der Waals surface area contributed by atoms with E-state index in [-0.39, 0.29) is 24.7 Å². The van der Waals surface area contributed by atoms with Crippen LogP contribution in [0.25, 0.3) is 0 Å². The fourth-order valence-corrected chi connectivity index (χ4v) is 4.65. The average molecular weight is 523 g/mol. The SMILES string of the molecule is CCC(C)OC(=O)CCS(=O)C=C(C)C1C(NC(=O)C(OC=O)c2ccccc2)C(=O)N1CC(=O)O. The second-order valence-electron chi connectivity index (χ2n) is 8.22. The number of ether oxygens (including phenoxy) is 2. The van der Waals surface area contributed by atoms with Crippen LogP contribution in [-0.2, 0) is 44.2 Å². The monoisotopic (exact) mass is 522 g/mol. The van der Waals surface area contributed by atoms with Crippen molar-refractivity contribution in [1.29, 1.82) is 0 Å². The molecule has 0 aromatic heterocycles. The van der Waals surface area contributed by atoms with Crippen molar-refractivity contribution < 1.29 is 42.8 Å². The lowest BCUT2D eigenvalue weighted by Gasteiger charge is -2.47. The van der Waals surface area contributed by atoms with Crippen molar-refractivity contribution >= 4 is 41.0 Å². The maximum absolute atomic E-state index is 12.9. The molecule has 1 aliphatic heterocycles. The maximum Gasteiger partial charge on any atom is 0.323 e. The Balaban J connectivity index is 2.15. The molecular weight excluding hydrogens is 492 g/mol. The highest BCUT2D eigenvalue weighted by atomic mass is 32.2. The number of benzene rings is 1. The van der Waals surface area contributed by atoms with Gasteiger partial charge in [0.2, 0.25) is 12.0 Å². The smallest absolute Gasteiger partial charge is 0.323 e. The van der Waals surface area contributed by atoms with Crippen molar-refractivity contribution in [2.45, 2.75) is 57.9 Å². The zero-order valence-electron chi connectivity index (χ0n) is 20.2. The quantitative estimate of drug-likeness (QED) is 0.207. The maximum atomic E-state index is 12.9. The first-order valence-electron chi connectivity index (χ1n) is 11.3. The van der Waals surface area contributed by atoms with Gasteiger partial charge in [-0.25, -0.2) is 0 Å². The molecule has 36 heavy (non-hydrogen) atoms. The van der Waals surface area contributed by atoms with Crippen molar-refractivity contribution in [2.75, 3.05) is 12.3 Å². The Morgan fingerprint density at radius 3 is 2.50 bits per heavy atom. The molecule has 1 aliphatic rings. The highest BCUT2D eigenvalue weighted by Crippen LogP contribution is 2.28. The fourth-order valence-electron chi connectivity index (χ4n) is 3.61. The number of hydrogen-bond donors (Lipinski definition) is 2. The summed E-state index contributed by atoms with van der Waals surface area (Å²) in [4.78, 5) is 60.7. The third-order valence-electron chi connectivity index (χ3n) is 5.53. The number of aliphatic carboxylic acids is 1. The summed E-state index contributed by atoms with van der Waals surface area (Å²) in [6, 6.07) is 6.12. The van der Waals surface area contributed by atoms with Crippen molar-refractivity contribution in [3.05, 3.63) is 46.9 Å². The lowest BCUT2D eigenvalue weighted by molar-refractivity contribution is -0.159. The van der Waals surface area contributed by atoms with Crippen LogP contribution in [-0.4, -0.2) is 74.9 Å². The minimum atomic E-state index is -1.62. The largest absolute Gasteiger partial charge is 0.480 e. The van der Waals surface area contributed by atoms with Crippen LogP contribution in [0.15, 0.2) is 41.3 Å². The Labute approximate surface area is 211 Å². The van der Waals surface area contributed by atoms with Crippen LogP contribution in [0.3, 0.4) is 0 Å². The lowest BCUT2D eigenvalue weighted by atomic mass is 9.89. The number of nitrogens with zero attached hydrogens (tertiary/aromatic N) is 1.